The van der Waals surface area contributed by atoms with Crippen LogP contribution in [0.2, 0.25) is 0 Å². The number of carboxylic acid groups (broad SMARTS) is 1. The second-order valence-corrected chi connectivity index (χ2v) is 10.4. The normalized spacial score (nSPS) is 18.4. The lowest BCUT2D eigenvalue weighted by molar-refractivity contribution is -0.137. The molecule has 2 aliphatic heterocycles. The number of rotatable bonds is 5. The summed E-state index contributed by atoms with van der Waals surface area (Å²) in [6, 6.07) is 10.5. The van der Waals surface area contributed by atoms with Crippen LogP contribution in [0.4, 0.5) is 13.2 Å². The Balaban J connectivity index is 1.54. The second kappa shape index (κ2) is 10.7. The van der Waals surface area contributed by atoms with Crippen LogP contribution in [-0.2, 0) is 17.5 Å². The fourth-order valence-corrected chi connectivity index (χ4v) is 5.72. The van der Waals surface area contributed by atoms with E-state index in [0.29, 0.717) is 33.5 Å². The first-order valence-electron chi connectivity index (χ1n) is 12.3. The van der Waals surface area contributed by atoms with Gasteiger partial charge >= 0.3 is 12.1 Å². The summed E-state index contributed by atoms with van der Waals surface area (Å²) in [5.74, 6) is -1.12. The van der Waals surface area contributed by atoms with Crippen LogP contribution in [0, 0.1) is 0 Å². The Labute approximate surface area is 221 Å². The van der Waals surface area contributed by atoms with Crippen LogP contribution < -0.4 is 0 Å². The van der Waals surface area contributed by atoms with Crippen molar-refractivity contribution in [3.63, 3.8) is 0 Å². The van der Waals surface area contributed by atoms with Crippen molar-refractivity contribution in [2.24, 2.45) is 0 Å². The van der Waals surface area contributed by atoms with Gasteiger partial charge in [-0.05, 0) is 50.2 Å². The van der Waals surface area contributed by atoms with Crippen LogP contribution in [0.3, 0.4) is 0 Å². The smallest absolute Gasteiger partial charge is 0.416 e. The molecule has 10 heteroatoms. The number of aromatic nitrogens is 1. The molecule has 3 heterocycles. The molecule has 0 bridgehead atoms. The SMILES string of the molecule is O=C(O)c1c(CN2CCC(N3CCOCC3)CC2)c(-c2cccc(C(F)(F)F)c2)nc2cc(Br)ccc12. The third kappa shape index (κ3) is 5.67. The molecule has 2 aromatic carbocycles. The van der Waals surface area contributed by atoms with Gasteiger partial charge in [-0.15, -0.1) is 0 Å². The number of hydrogen-bond donors (Lipinski definition) is 1. The van der Waals surface area contributed by atoms with Crippen molar-refractivity contribution in [3.05, 3.63) is 63.6 Å². The van der Waals surface area contributed by atoms with Gasteiger partial charge in [0.25, 0.3) is 0 Å². The van der Waals surface area contributed by atoms with Crippen molar-refractivity contribution in [1.82, 2.24) is 14.8 Å². The highest BCUT2D eigenvalue weighted by Crippen LogP contribution is 2.36. The third-order valence-corrected chi connectivity index (χ3v) is 7.72. The topological polar surface area (TPSA) is 65.9 Å². The summed E-state index contributed by atoms with van der Waals surface area (Å²) in [7, 11) is 0. The van der Waals surface area contributed by atoms with E-state index in [1.165, 1.54) is 6.07 Å². The van der Waals surface area contributed by atoms with Gasteiger partial charge in [0.15, 0.2) is 0 Å². The number of fused-ring (bicyclic) bond motifs is 1. The first kappa shape index (κ1) is 26.1. The molecular formula is C27H27BrF3N3O3. The minimum atomic E-state index is -4.52. The quantitative estimate of drug-likeness (QED) is 0.421. The van der Waals surface area contributed by atoms with Crippen molar-refractivity contribution in [3.8, 4) is 11.3 Å². The van der Waals surface area contributed by atoms with E-state index in [-0.39, 0.29) is 16.8 Å². The zero-order valence-corrected chi connectivity index (χ0v) is 21.7. The van der Waals surface area contributed by atoms with Gasteiger partial charge in [0.2, 0.25) is 0 Å². The standard InChI is InChI=1S/C27H27BrF3N3O3/c28-19-4-5-21-23(15-19)32-25(17-2-1-3-18(14-17)27(29,30)31)22(24(21)26(35)36)16-33-8-6-20(7-9-33)34-10-12-37-13-11-34/h1-5,14-15,20H,6-13,16H2,(H,35,36). The van der Waals surface area contributed by atoms with E-state index in [9.17, 15) is 23.1 Å². The zero-order chi connectivity index (χ0) is 26.2. The van der Waals surface area contributed by atoms with Gasteiger partial charge < -0.3 is 9.84 Å². The molecule has 0 spiro atoms. The van der Waals surface area contributed by atoms with Crippen LogP contribution in [0.1, 0.15) is 34.3 Å². The highest BCUT2D eigenvalue weighted by atomic mass is 79.9. The van der Waals surface area contributed by atoms with Crippen molar-refractivity contribution in [2.45, 2.75) is 31.6 Å². The number of piperidine rings is 1. The van der Waals surface area contributed by atoms with Crippen LogP contribution in [0.25, 0.3) is 22.2 Å². The molecule has 1 N–H and O–H groups in total. The molecule has 0 unspecified atom stereocenters. The monoisotopic (exact) mass is 577 g/mol. The van der Waals surface area contributed by atoms with Crippen LogP contribution in [-0.4, -0.2) is 71.3 Å². The van der Waals surface area contributed by atoms with Crippen molar-refractivity contribution in [2.75, 3.05) is 39.4 Å². The number of hydrogen-bond acceptors (Lipinski definition) is 5. The summed E-state index contributed by atoms with van der Waals surface area (Å²) < 4.78 is 46.7. The maximum absolute atomic E-state index is 13.5. The molecule has 37 heavy (non-hydrogen) atoms. The number of benzene rings is 2. The number of likely N-dealkylation sites (tertiary alicyclic amines) is 1. The Hall–Kier alpha value is -2.53. The van der Waals surface area contributed by atoms with Crippen LogP contribution in [0.15, 0.2) is 46.9 Å². The zero-order valence-electron chi connectivity index (χ0n) is 20.1. The molecule has 2 fully saturated rings. The summed E-state index contributed by atoms with van der Waals surface area (Å²) in [4.78, 5) is 21.9. The number of carboxylic acids is 1. The summed E-state index contributed by atoms with van der Waals surface area (Å²) in [5.41, 5.74) is 0.651. The van der Waals surface area contributed by atoms with Crippen molar-refractivity contribution in [1.29, 1.82) is 0 Å². The molecule has 0 saturated carbocycles. The predicted octanol–water partition coefficient (Wildman–Crippen LogP) is 5.68. The minimum absolute atomic E-state index is 0.0835. The van der Waals surface area contributed by atoms with Crippen LogP contribution >= 0.6 is 15.9 Å². The van der Waals surface area contributed by atoms with E-state index in [2.05, 4.69) is 25.7 Å². The molecule has 196 valence electrons. The number of pyridine rings is 1. The molecule has 1 aromatic heterocycles. The maximum atomic E-state index is 13.5. The number of nitrogens with zero attached hydrogens (tertiary/aromatic N) is 3. The van der Waals surface area contributed by atoms with E-state index >= 15 is 0 Å². The Bertz CT molecular complexity index is 1300. The number of aromatic carboxylic acids is 1. The van der Waals surface area contributed by atoms with Gasteiger partial charge in [-0.1, -0.05) is 34.1 Å². The molecule has 0 atom stereocenters. The number of ether oxygens (including phenoxy) is 1. The van der Waals surface area contributed by atoms with Gasteiger partial charge in [0, 0.05) is 46.7 Å². The van der Waals surface area contributed by atoms with Crippen molar-refractivity contribution < 1.29 is 27.8 Å². The number of halogens is 4. The molecule has 6 nitrogen and oxygen atoms in total. The van der Waals surface area contributed by atoms with E-state index in [1.807, 2.05) is 0 Å². The summed E-state index contributed by atoms with van der Waals surface area (Å²) in [6.45, 7) is 5.13. The molecule has 3 aromatic rings. The minimum Gasteiger partial charge on any atom is -0.478 e. The summed E-state index contributed by atoms with van der Waals surface area (Å²) in [5, 5.41) is 10.7. The number of carbonyl (C=O) groups is 1. The molecule has 2 saturated heterocycles. The molecule has 0 radical (unpaired) electrons. The number of alkyl halides is 3. The van der Waals surface area contributed by atoms with Gasteiger partial charge in [0.1, 0.15) is 0 Å². The Morgan fingerprint density at radius 2 is 1.81 bits per heavy atom. The highest BCUT2D eigenvalue weighted by Gasteiger charge is 2.32. The molecule has 0 aliphatic carbocycles. The average molecular weight is 578 g/mol. The molecule has 0 amide bonds. The van der Waals surface area contributed by atoms with E-state index in [4.69, 9.17) is 9.72 Å². The Kier molecular flexibility index (Phi) is 7.53. The van der Waals surface area contributed by atoms with E-state index in [0.717, 1.165) is 64.4 Å². The summed E-state index contributed by atoms with van der Waals surface area (Å²) >= 11 is 3.39. The molecule has 2 aliphatic rings. The lowest BCUT2D eigenvalue weighted by atomic mass is 9.94. The fourth-order valence-electron chi connectivity index (χ4n) is 5.37. The lowest BCUT2D eigenvalue weighted by Gasteiger charge is -2.40. The van der Waals surface area contributed by atoms with Crippen molar-refractivity contribution >= 4 is 32.8 Å². The van der Waals surface area contributed by atoms with Gasteiger partial charge in [-0.3, -0.25) is 9.80 Å². The molecule has 5 rings (SSSR count). The summed E-state index contributed by atoms with van der Waals surface area (Å²) in [6.07, 6.45) is -2.64. The van der Waals surface area contributed by atoms with E-state index < -0.39 is 17.7 Å². The first-order chi connectivity index (χ1) is 17.7. The Morgan fingerprint density at radius 1 is 1.08 bits per heavy atom. The number of morpholine rings is 1. The Morgan fingerprint density at radius 3 is 2.49 bits per heavy atom. The van der Waals surface area contributed by atoms with Gasteiger partial charge in [-0.2, -0.15) is 13.2 Å². The third-order valence-electron chi connectivity index (χ3n) is 7.23. The second-order valence-electron chi connectivity index (χ2n) is 9.51. The largest absolute Gasteiger partial charge is 0.478 e. The highest BCUT2D eigenvalue weighted by molar-refractivity contribution is 9.10. The molecular weight excluding hydrogens is 551 g/mol. The first-order valence-corrected chi connectivity index (χ1v) is 13.1. The fraction of sp³-hybridized carbons (Fsp3) is 0.407. The maximum Gasteiger partial charge on any atom is 0.416 e. The van der Waals surface area contributed by atoms with Gasteiger partial charge in [0.05, 0.1) is 35.6 Å². The van der Waals surface area contributed by atoms with Crippen LogP contribution in [0.5, 0.6) is 0 Å². The van der Waals surface area contributed by atoms with E-state index in [1.54, 1.807) is 24.3 Å². The lowest BCUT2D eigenvalue weighted by Crippen LogP contribution is -2.48. The average Bonchev–Trinajstić information content (AvgIpc) is 2.88. The van der Waals surface area contributed by atoms with Gasteiger partial charge in [-0.25, -0.2) is 9.78 Å². The predicted molar refractivity (Wildman–Crippen MR) is 138 cm³/mol.